The third-order valence-corrected chi connectivity index (χ3v) is 4.97. The summed E-state index contributed by atoms with van der Waals surface area (Å²) in [6.45, 7) is 5.86. The summed E-state index contributed by atoms with van der Waals surface area (Å²) >= 11 is 1.18. The molecule has 0 aliphatic rings. The van der Waals surface area contributed by atoms with Crippen molar-refractivity contribution < 1.29 is 18.0 Å². The van der Waals surface area contributed by atoms with Crippen molar-refractivity contribution in [3.63, 3.8) is 0 Å². The fourth-order valence-corrected chi connectivity index (χ4v) is 3.45. The lowest BCUT2D eigenvalue weighted by Gasteiger charge is -2.13. The highest BCUT2D eigenvalue weighted by Crippen LogP contribution is 2.28. The van der Waals surface area contributed by atoms with Crippen LogP contribution < -0.4 is 5.32 Å². The second-order valence-corrected chi connectivity index (χ2v) is 7.06. The Morgan fingerprint density at radius 1 is 1.26 bits per heavy atom. The summed E-state index contributed by atoms with van der Waals surface area (Å²) in [5, 5.41) is 2.23. The largest absolute Gasteiger partial charge is 0.323 e. The number of hydrogen-bond donors (Lipinski definition) is 1. The van der Waals surface area contributed by atoms with Gasteiger partial charge < -0.3 is 9.88 Å². The van der Waals surface area contributed by atoms with E-state index in [1.807, 2.05) is 28.8 Å². The molecule has 0 fully saturated rings. The predicted octanol–water partition coefficient (Wildman–Crippen LogP) is 4.76. The summed E-state index contributed by atoms with van der Waals surface area (Å²) in [5.41, 5.74) is 1.27. The van der Waals surface area contributed by atoms with Gasteiger partial charge in [0.15, 0.2) is 22.6 Å². The van der Waals surface area contributed by atoms with Gasteiger partial charge in [-0.15, -0.1) is 6.58 Å². The molecule has 1 N–H and O–H groups in total. The average molecular weight is 391 g/mol. The van der Waals surface area contributed by atoms with Gasteiger partial charge >= 0.3 is 0 Å². The number of carbonyl (C=O) groups excluding carboxylic acids is 1. The lowest BCUT2D eigenvalue weighted by atomic mass is 10.2. The van der Waals surface area contributed by atoms with E-state index in [2.05, 4.69) is 16.9 Å². The number of para-hydroxylation sites is 2. The van der Waals surface area contributed by atoms with Crippen molar-refractivity contribution >= 4 is 34.4 Å². The van der Waals surface area contributed by atoms with Gasteiger partial charge in [0.2, 0.25) is 5.91 Å². The van der Waals surface area contributed by atoms with E-state index in [1.165, 1.54) is 11.8 Å². The van der Waals surface area contributed by atoms with Crippen LogP contribution in [0.4, 0.5) is 18.9 Å². The van der Waals surface area contributed by atoms with Crippen LogP contribution in [0.15, 0.2) is 54.2 Å². The number of anilines is 1. The number of amides is 1. The van der Waals surface area contributed by atoms with Gasteiger partial charge in [-0.2, -0.15) is 0 Å². The van der Waals surface area contributed by atoms with Gasteiger partial charge in [-0.05, 0) is 31.2 Å². The number of benzene rings is 2. The Balaban J connectivity index is 1.81. The Labute approximate surface area is 158 Å². The molecule has 140 valence electrons. The SMILES string of the molecule is C=CCn1c(SC(C)C(=O)Nc2ccc(F)c(F)c2F)nc2ccccc21. The van der Waals surface area contributed by atoms with Crippen molar-refractivity contribution in [3.05, 3.63) is 66.5 Å². The molecule has 1 heterocycles. The first-order valence-corrected chi connectivity index (χ1v) is 8.97. The van der Waals surface area contributed by atoms with Crippen molar-refractivity contribution in [2.24, 2.45) is 0 Å². The van der Waals surface area contributed by atoms with Crippen molar-refractivity contribution in [1.29, 1.82) is 0 Å². The molecule has 27 heavy (non-hydrogen) atoms. The second-order valence-electron chi connectivity index (χ2n) is 5.75. The predicted molar refractivity (Wildman–Crippen MR) is 100 cm³/mol. The number of nitrogens with one attached hydrogen (secondary N) is 1. The molecule has 0 aliphatic carbocycles. The van der Waals surface area contributed by atoms with Crippen molar-refractivity contribution in [2.45, 2.75) is 23.9 Å². The van der Waals surface area contributed by atoms with Gasteiger partial charge in [0, 0.05) is 6.54 Å². The summed E-state index contributed by atoms with van der Waals surface area (Å²) in [5.74, 6) is -4.92. The van der Waals surface area contributed by atoms with Gasteiger partial charge in [-0.3, -0.25) is 4.79 Å². The molecule has 0 aliphatic heterocycles. The molecule has 0 spiro atoms. The smallest absolute Gasteiger partial charge is 0.237 e. The molecule has 0 saturated heterocycles. The first kappa shape index (κ1) is 19.0. The quantitative estimate of drug-likeness (QED) is 0.374. The Morgan fingerprint density at radius 2 is 2.00 bits per heavy atom. The Bertz CT molecular complexity index is 1020. The maximum atomic E-state index is 13.8. The minimum Gasteiger partial charge on any atom is -0.323 e. The summed E-state index contributed by atoms with van der Waals surface area (Å²) < 4.78 is 42.0. The molecule has 0 bridgehead atoms. The molecule has 8 heteroatoms. The molecular formula is C19H16F3N3OS. The fraction of sp³-hybridized carbons (Fsp3) is 0.158. The highest BCUT2D eigenvalue weighted by atomic mass is 32.2. The van der Waals surface area contributed by atoms with Gasteiger partial charge in [0.25, 0.3) is 0 Å². The number of nitrogens with zero attached hydrogens (tertiary/aromatic N) is 2. The Kier molecular flexibility index (Phi) is 5.55. The molecule has 1 amide bonds. The van der Waals surface area contributed by atoms with E-state index in [0.29, 0.717) is 11.7 Å². The van der Waals surface area contributed by atoms with Gasteiger partial charge in [0.1, 0.15) is 0 Å². The highest BCUT2D eigenvalue weighted by Gasteiger charge is 2.21. The van der Waals surface area contributed by atoms with Crippen LogP contribution in [0.25, 0.3) is 11.0 Å². The minimum atomic E-state index is -1.62. The van der Waals surface area contributed by atoms with E-state index in [4.69, 9.17) is 0 Å². The molecule has 3 rings (SSSR count). The first-order valence-electron chi connectivity index (χ1n) is 8.09. The summed E-state index contributed by atoms with van der Waals surface area (Å²) in [7, 11) is 0. The number of hydrogen-bond acceptors (Lipinski definition) is 3. The summed E-state index contributed by atoms with van der Waals surface area (Å²) in [6.07, 6.45) is 1.72. The van der Waals surface area contributed by atoms with Crippen LogP contribution in [0, 0.1) is 17.5 Å². The van der Waals surface area contributed by atoms with E-state index in [9.17, 15) is 18.0 Å². The highest BCUT2D eigenvalue weighted by molar-refractivity contribution is 8.00. The number of rotatable bonds is 6. The third kappa shape index (κ3) is 3.85. The van der Waals surface area contributed by atoms with E-state index in [1.54, 1.807) is 13.0 Å². The normalized spacial score (nSPS) is 12.1. The van der Waals surface area contributed by atoms with E-state index in [-0.39, 0.29) is 0 Å². The lowest BCUT2D eigenvalue weighted by Crippen LogP contribution is -2.23. The van der Waals surface area contributed by atoms with E-state index >= 15 is 0 Å². The molecule has 1 atom stereocenters. The third-order valence-electron chi connectivity index (χ3n) is 3.88. The maximum absolute atomic E-state index is 13.8. The van der Waals surface area contributed by atoms with Crippen LogP contribution in [0.2, 0.25) is 0 Å². The van der Waals surface area contributed by atoms with Crippen molar-refractivity contribution in [1.82, 2.24) is 9.55 Å². The first-order chi connectivity index (χ1) is 12.9. The van der Waals surface area contributed by atoms with Crippen LogP contribution >= 0.6 is 11.8 Å². The molecule has 4 nitrogen and oxygen atoms in total. The standard InChI is InChI=1S/C19H16F3N3OS/c1-3-10-25-15-7-5-4-6-13(15)24-19(25)27-11(2)18(26)23-14-9-8-12(20)16(21)17(14)22/h3-9,11H,1,10H2,2H3,(H,23,26). The minimum absolute atomic E-state index is 0.411. The van der Waals surface area contributed by atoms with Crippen LogP contribution in [0.5, 0.6) is 0 Å². The number of imidazole rings is 1. The van der Waals surface area contributed by atoms with Crippen LogP contribution in [-0.4, -0.2) is 20.7 Å². The van der Waals surface area contributed by atoms with Crippen molar-refractivity contribution in [2.75, 3.05) is 5.32 Å². The van der Waals surface area contributed by atoms with E-state index < -0.39 is 34.3 Å². The Hall–Kier alpha value is -2.74. The van der Waals surface area contributed by atoms with Gasteiger partial charge in [0.05, 0.1) is 22.0 Å². The molecule has 2 aromatic carbocycles. The molecule has 0 saturated carbocycles. The molecule has 1 aromatic heterocycles. The number of allylic oxidation sites excluding steroid dienone is 1. The zero-order valence-corrected chi connectivity index (χ0v) is 15.2. The number of carbonyl (C=O) groups is 1. The van der Waals surface area contributed by atoms with Crippen molar-refractivity contribution in [3.8, 4) is 0 Å². The van der Waals surface area contributed by atoms with Gasteiger partial charge in [-0.25, -0.2) is 18.2 Å². The zero-order valence-electron chi connectivity index (χ0n) is 14.4. The Morgan fingerprint density at radius 3 is 2.74 bits per heavy atom. The summed E-state index contributed by atoms with van der Waals surface area (Å²) in [4.78, 5) is 16.9. The molecule has 3 aromatic rings. The van der Waals surface area contributed by atoms with Crippen LogP contribution in [0.3, 0.4) is 0 Å². The second kappa shape index (κ2) is 7.87. The van der Waals surface area contributed by atoms with Crippen LogP contribution in [0.1, 0.15) is 6.92 Å². The van der Waals surface area contributed by atoms with Crippen LogP contribution in [-0.2, 0) is 11.3 Å². The maximum Gasteiger partial charge on any atom is 0.237 e. The van der Waals surface area contributed by atoms with E-state index in [0.717, 1.165) is 23.2 Å². The van der Waals surface area contributed by atoms with Gasteiger partial charge in [-0.1, -0.05) is 30.0 Å². The molecular weight excluding hydrogens is 375 g/mol. The lowest BCUT2D eigenvalue weighted by molar-refractivity contribution is -0.115. The zero-order chi connectivity index (χ0) is 19.6. The molecule has 0 radical (unpaired) electrons. The number of halogens is 3. The number of thioether (sulfide) groups is 1. The average Bonchev–Trinajstić information content (AvgIpc) is 3.00. The number of fused-ring (bicyclic) bond motifs is 1. The topological polar surface area (TPSA) is 46.9 Å². The molecule has 1 unspecified atom stereocenters. The summed E-state index contributed by atoms with van der Waals surface area (Å²) in [6, 6.07) is 9.27. The number of aromatic nitrogens is 2. The fourth-order valence-electron chi connectivity index (χ4n) is 2.52. The monoisotopic (exact) mass is 391 g/mol.